The van der Waals surface area contributed by atoms with Gasteiger partial charge in [-0.3, -0.25) is 0 Å². The van der Waals surface area contributed by atoms with Crippen molar-refractivity contribution >= 4 is 5.65 Å². The van der Waals surface area contributed by atoms with Gasteiger partial charge in [0.2, 0.25) is 0 Å². The third-order valence-electron chi connectivity index (χ3n) is 2.94. The van der Waals surface area contributed by atoms with Crippen LogP contribution in [0.4, 0.5) is 13.2 Å². The molecule has 1 N–H and O–H groups in total. The highest BCUT2D eigenvalue weighted by molar-refractivity contribution is 5.63. The van der Waals surface area contributed by atoms with Gasteiger partial charge in [0.25, 0.3) is 0 Å². The summed E-state index contributed by atoms with van der Waals surface area (Å²) in [6.45, 7) is 0. The lowest BCUT2D eigenvalue weighted by molar-refractivity contribution is -0.137. The summed E-state index contributed by atoms with van der Waals surface area (Å²) in [5, 5.41) is 9.36. The number of pyridine rings is 1. The standard InChI is InChI=1S/C14H9F3N2O/c15-14(16,17)10-3-1-9(2-4-10)12-8-19-7-11(20)5-6-13(19)18-12/h1-8,20H. The molecule has 0 saturated heterocycles. The number of imidazole rings is 1. The maximum atomic E-state index is 12.5. The monoisotopic (exact) mass is 278 g/mol. The third kappa shape index (κ3) is 2.20. The van der Waals surface area contributed by atoms with Crippen molar-refractivity contribution in [2.75, 3.05) is 0 Å². The topological polar surface area (TPSA) is 37.5 Å². The number of rotatable bonds is 1. The predicted octanol–water partition coefficient (Wildman–Crippen LogP) is 3.73. The number of hydrogen-bond acceptors (Lipinski definition) is 2. The first-order valence-electron chi connectivity index (χ1n) is 5.79. The summed E-state index contributed by atoms with van der Waals surface area (Å²) in [7, 11) is 0. The molecule has 3 rings (SSSR count). The molecule has 3 aromatic rings. The van der Waals surface area contributed by atoms with Crippen LogP contribution in [0, 0.1) is 0 Å². The van der Waals surface area contributed by atoms with Crippen LogP contribution in [-0.4, -0.2) is 14.5 Å². The molecule has 0 unspecified atom stereocenters. The van der Waals surface area contributed by atoms with E-state index in [0.29, 0.717) is 16.9 Å². The van der Waals surface area contributed by atoms with Gasteiger partial charge in [0.15, 0.2) is 0 Å². The first-order chi connectivity index (χ1) is 9.43. The van der Waals surface area contributed by atoms with E-state index in [1.165, 1.54) is 24.4 Å². The largest absolute Gasteiger partial charge is 0.506 e. The van der Waals surface area contributed by atoms with Crippen LogP contribution in [0.15, 0.2) is 48.8 Å². The van der Waals surface area contributed by atoms with Crippen molar-refractivity contribution in [1.29, 1.82) is 0 Å². The van der Waals surface area contributed by atoms with E-state index in [9.17, 15) is 18.3 Å². The Bertz CT molecular complexity index is 760. The molecule has 0 bridgehead atoms. The van der Waals surface area contributed by atoms with Crippen LogP contribution in [0.5, 0.6) is 5.75 Å². The van der Waals surface area contributed by atoms with Crippen molar-refractivity contribution < 1.29 is 18.3 Å². The van der Waals surface area contributed by atoms with E-state index in [2.05, 4.69) is 4.98 Å². The van der Waals surface area contributed by atoms with Gasteiger partial charge in [0.1, 0.15) is 11.4 Å². The summed E-state index contributed by atoms with van der Waals surface area (Å²) in [5.41, 5.74) is 1.05. The van der Waals surface area contributed by atoms with Crippen LogP contribution in [0.3, 0.4) is 0 Å². The molecule has 20 heavy (non-hydrogen) atoms. The minimum absolute atomic E-state index is 0.0915. The summed E-state index contributed by atoms with van der Waals surface area (Å²) in [4.78, 5) is 4.29. The SMILES string of the molecule is Oc1ccc2nc(-c3ccc(C(F)(F)F)cc3)cn2c1. The quantitative estimate of drug-likeness (QED) is 0.736. The molecule has 102 valence electrons. The fraction of sp³-hybridized carbons (Fsp3) is 0.0714. The van der Waals surface area contributed by atoms with Gasteiger partial charge in [0.05, 0.1) is 17.5 Å². The van der Waals surface area contributed by atoms with Crippen molar-refractivity contribution in [1.82, 2.24) is 9.38 Å². The van der Waals surface area contributed by atoms with Crippen molar-refractivity contribution in [3.8, 4) is 17.0 Å². The van der Waals surface area contributed by atoms with Crippen LogP contribution < -0.4 is 0 Å². The molecule has 3 nitrogen and oxygen atoms in total. The van der Waals surface area contributed by atoms with Crippen LogP contribution >= 0.6 is 0 Å². The minimum Gasteiger partial charge on any atom is -0.506 e. The number of benzene rings is 1. The van der Waals surface area contributed by atoms with Crippen LogP contribution in [-0.2, 0) is 6.18 Å². The Labute approximate surface area is 111 Å². The fourth-order valence-corrected chi connectivity index (χ4v) is 1.95. The highest BCUT2D eigenvalue weighted by Crippen LogP contribution is 2.30. The molecule has 1 aromatic carbocycles. The molecule has 0 radical (unpaired) electrons. The Morgan fingerprint density at radius 2 is 1.65 bits per heavy atom. The normalized spacial score (nSPS) is 11.9. The van der Waals surface area contributed by atoms with E-state index in [0.717, 1.165) is 12.1 Å². The highest BCUT2D eigenvalue weighted by atomic mass is 19.4. The molecule has 0 aliphatic rings. The smallest absolute Gasteiger partial charge is 0.416 e. The summed E-state index contributed by atoms with van der Waals surface area (Å²) in [6, 6.07) is 7.93. The van der Waals surface area contributed by atoms with Gasteiger partial charge in [-0.1, -0.05) is 12.1 Å². The lowest BCUT2D eigenvalue weighted by Gasteiger charge is -2.06. The number of nitrogens with zero attached hydrogens (tertiary/aromatic N) is 2. The average molecular weight is 278 g/mol. The molecular formula is C14H9F3N2O. The molecular weight excluding hydrogens is 269 g/mol. The predicted molar refractivity (Wildman–Crippen MR) is 67.3 cm³/mol. The molecule has 0 amide bonds. The molecule has 0 atom stereocenters. The number of alkyl halides is 3. The average Bonchev–Trinajstić information content (AvgIpc) is 2.80. The van der Waals surface area contributed by atoms with Crippen LogP contribution in [0.2, 0.25) is 0 Å². The van der Waals surface area contributed by atoms with Gasteiger partial charge in [-0.05, 0) is 24.3 Å². The van der Waals surface area contributed by atoms with Gasteiger partial charge in [-0.25, -0.2) is 4.98 Å². The Hall–Kier alpha value is -2.50. The zero-order chi connectivity index (χ0) is 14.3. The van der Waals surface area contributed by atoms with Crippen molar-refractivity contribution in [2.45, 2.75) is 6.18 Å². The zero-order valence-electron chi connectivity index (χ0n) is 10.1. The number of halogens is 3. The Balaban J connectivity index is 2.02. The fourth-order valence-electron chi connectivity index (χ4n) is 1.95. The molecule has 0 fully saturated rings. The second-order valence-corrected chi connectivity index (χ2v) is 4.35. The van der Waals surface area contributed by atoms with Gasteiger partial charge in [-0.15, -0.1) is 0 Å². The molecule has 0 spiro atoms. The Kier molecular flexibility index (Phi) is 2.67. The third-order valence-corrected chi connectivity index (χ3v) is 2.94. The summed E-state index contributed by atoms with van der Waals surface area (Å²) in [5.74, 6) is 0.0915. The van der Waals surface area contributed by atoms with Crippen molar-refractivity contribution in [3.05, 3.63) is 54.4 Å². The Morgan fingerprint density at radius 3 is 2.30 bits per heavy atom. The van der Waals surface area contributed by atoms with E-state index in [1.54, 1.807) is 16.7 Å². The first-order valence-corrected chi connectivity index (χ1v) is 5.79. The van der Waals surface area contributed by atoms with Gasteiger partial charge >= 0.3 is 6.18 Å². The van der Waals surface area contributed by atoms with Gasteiger partial charge in [-0.2, -0.15) is 13.2 Å². The first kappa shape index (κ1) is 12.5. The summed E-state index contributed by atoms with van der Waals surface area (Å²) in [6.07, 6.45) is -1.21. The second kappa shape index (κ2) is 4.26. The van der Waals surface area contributed by atoms with E-state index in [1.807, 2.05) is 0 Å². The van der Waals surface area contributed by atoms with Gasteiger partial charge < -0.3 is 9.51 Å². The number of aromatic nitrogens is 2. The maximum Gasteiger partial charge on any atom is 0.416 e. The van der Waals surface area contributed by atoms with Crippen LogP contribution in [0.25, 0.3) is 16.9 Å². The Morgan fingerprint density at radius 1 is 0.950 bits per heavy atom. The highest BCUT2D eigenvalue weighted by Gasteiger charge is 2.30. The minimum atomic E-state index is -4.34. The zero-order valence-corrected chi connectivity index (χ0v) is 10.1. The van der Waals surface area contributed by atoms with E-state index >= 15 is 0 Å². The number of fused-ring (bicyclic) bond motifs is 1. The molecule has 0 aliphatic carbocycles. The summed E-state index contributed by atoms with van der Waals surface area (Å²) >= 11 is 0. The van der Waals surface area contributed by atoms with E-state index in [4.69, 9.17) is 0 Å². The molecule has 0 saturated carbocycles. The lowest BCUT2D eigenvalue weighted by atomic mass is 10.1. The summed E-state index contributed by atoms with van der Waals surface area (Å²) < 4.78 is 39.1. The van der Waals surface area contributed by atoms with Crippen molar-refractivity contribution in [3.63, 3.8) is 0 Å². The molecule has 6 heteroatoms. The lowest BCUT2D eigenvalue weighted by Crippen LogP contribution is -2.03. The number of aromatic hydroxyl groups is 1. The maximum absolute atomic E-state index is 12.5. The molecule has 2 heterocycles. The number of hydrogen-bond donors (Lipinski definition) is 1. The molecule has 2 aromatic heterocycles. The van der Waals surface area contributed by atoms with E-state index < -0.39 is 11.7 Å². The van der Waals surface area contributed by atoms with Gasteiger partial charge in [0, 0.05) is 11.8 Å². The van der Waals surface area contributed by atoms with Crippen molar-refractivity contribution in [2.24, 2.45) is 0 Å². The second-order valence-electron chi connectivity index (χ2n) is 4.35. The van der Waals surface area contributed by atoms with E-state index in [-0.39, 0.29) is 5.75 Å². The van der Waals surface area contributed by atoms with Crippen LogP contribution in [0.1, 0.15) is 5.56 Å². The molecule has 0 aliphatic heterocycles.